The molecule has 20 heavy (non-hydrogen) atoms. The predicted octanol–water partition coefficient (Wildman–Crippen LogP) is 3.53. The first-order valence-electron chi connectivity index (χ1n) is 6.19. The summed E-state index contributed by atoms with van der Waals surface area (Å²) in [7, 11) is 0. The van der Waals surface area contributed by atoms with E-state index in [1.807, 2.05) is 0 Å². The Morgan fingerprint density at radius 2 is 1.80 bits per heavy atom. The molecule has 102 valence electrons. The summed E-state index contributed by atoms with van der Waals surface area (Å²) in [4.78, 5) is 0. The molecule has 0 saturated carbocycles. The molecule has 3 rings (SSSR count). The maximum Gasteiger partial charge on any atom is 0.170 e. The lowest BCUT2D eigenvalue weighted by Gasteiger charge is -2.21. The molecule has 2 N–H and O–H groups in total. The first-order chi connectivity index (χ1) is 9.48. The number of fused-ring (bicyclic) bond motifs is 1. The molecule has 2 aromatic carbocycles. The molecule has 1 heterocycles. The van der Waals surface area contributed by atoms with Crippen molar-refractivity contribution in [1.82, 2.24) is 0 Å². The number of hydrogen-bond donors (Lipinski definition) is 2. The van der Waals surface area contributed by atoms with E-state index < -0.39 is 11.4 Å². The first-order valence-corrected chi connectivity index (χ1v) is 6.19. The van der Waals surface area contributed by atoms with Crippen LogP contribution in [0.15, 0.2) is 52.9 Å². The standard InChI is InChI=1S/C16H13FO3/c1-16(19,11-5-7-12(18)8-6-11)14-9-10-3-2-4-13(17)15(10)20-14/h2-9,18-19H,1H3. The van der Waals surface area contributed by atoms with Gasteiger partial charge in [-0.2, -0.15) is 0 Å². The summed E-state index contributed by atoms with van der Waals surface area (Å²) in [6.07, 6.45) is 0. The van der Waals surface area contributed by atoms with Gasteiger partial charge in [0.2, 0.25) is 0 Å². The zero-order chi connectivity index (χ0) is 14.3. The molecule has 1 atom stereocenters. The van der Waals surface area contributed by atoms with Crippen LogP contribution >= 0.6 is 0 Å². The van der Waals surface area contributed by atoms with Gasteiger partial charge in [0.15, 0.2) is 11.4 Å². The number of para-hydroxylation sites is 1. The number of phenolic OH excluding ortho intramolecular Hbond substituents is 1. The summed E-state index contributed by atoms with van der Waals surface area (Å²) in [5, 5.41) is 20.5. The Morgan fingerprint density at radius 3 is 2.45 bits per heavy atom. The van der Waals surface area contributed by atoms with Gasteiger partial charge in [0.05, 0.1) is 0 Å². The molecular formula is C16H13FO3. The third-order valence-corrected chi connectivity index (χ3v) is 3.41. The van der Waals surface area contributed by atoms with E-state index >= 15 is 0 Å². The Bertz CT molecular complexity index is 757. The van der Waals surface area contributed by atoms with Gasteiger partial charge in [-0.25, -0.2) is 4.39 Å². The third kappa shape index (κ3) is 1.94. The van der Waals surface area contributed by atoms with E-state index in [-0.39, 0.29) is 17.1 Å². The van der Waals surface area contributed by atoms with Gasteiger partial charge >= 0.3 is 0 Å². The minimum atomic E-state index is -1.40. The van der Waals surface area contributed by atoms with Crippen molar-refractivity contribution in [1.29, 1.82) is 0 Å². The number of halogens is 1. The molecule has 0 fully saturated rings. The van der Waals surface area contributed by atoms with Gasteiger partial charge in [0.1, 0.15) is 17.1 Å². The molecule has 0 radical (unpaired) electrons. The SMILES string of the molecule is CC(O)(c1ccc(O)cc1)c1cc2cccc(F)c2o1. The Labute approximate surface area is 114 Å². The molecule has 1 unspecified atom stereocenters. The average molecular weight is 272 g/mol. The van der Waals surface area contributed by atoms with E-state index in [9.17, 15) is 14.6 Å². The quantitative estimate of drug-likeness (QED) is 0.750. The van der Waals surface area contributed by atoms with Crippen molar-refractivity contribution in [2.24, 2.45) is 0 Å². The fourth-order valence-corrected chi connectivity index (χ4v) is 2.20. The summed E-state index contributed by atoms with van der Waals surface area (Å²) in [5.74, 6) is -0.0984. The van der Waals surface area contributed by atoms with E-state index in [0.29, 0.717) is 10.9 Å². The van der Waals surface area contributed by atoms with Crippen molar-refractivity contribution in [2.45, 2.75) is 12.5 Å². The topological polar surface area (TPSA) is 53.6 Å². The van der Waals surface area contributed by atoms with Crippen molar-refractivity contribution in [2.75, 3.05) is 0 Å². The molecule has 0 aliphatic rings. The second-order valence-corrected chi connectivity index (χ2v) is 4.89. The lowest BCUT2D eigenvalue weighted by atomic mass is 9.93. The predicted molar refractivity (Wildman–Crippen MR) is 73.0 cm³/mol. The monoisotopic (exact) mass is 272 g/mol. The van der Waals surface area contributed by atoms with Crippen molar-refractivity contribution < 1.29 is 19.0 Å². The number of aliphatic hydroxyl groups is 1. The van der Waals surface area contributed by atoms with Crippen LogP contribution < -0.4 is 0 Å². The normalized spacial score (nSPS) is 14.3. The summed E-state index contributed by atoms with van der Waals surface area (Å²) in [5.41, 5.74) is -0.726. The Morgan fingerprint density at radius 1 is 1.10 bits per heavy atom. The number of furan rings is 1. The fourth-order valence-electron chi connectivity index (χ4n) is 2.20. The lowest BCUT2D eigenvalue weighted by Crippen LogP contribution is -2.21. The Balaban J connectivity index is 2.13. The molecule has 0 spiro atoms. The van der Waals surface area contributed by atoms with E-state index in [2.05, 4.69) is 0 Å². The first kappa shape index (κ1) is 12.7. The number of benzene rings is 2. The van der Waals surface area contributed by atoms with Crippen LogP contribution in [0.25, 0.3) is 11.0 Å². The highest BCUT2D eigenvalue weighted by molar-refractivity contribution is 5.78. The van der Waals surface area contributed by atoms with Crippen LogP contribution in [0.5, 0.6) is 5.75 Å². The minimum Gasteiger partial charge on any atom is -0.508 e. The summed E-state index contributed by atoms with van der Waals surface area (Å²) < 4.78 is 19.1. The highest BCUT2D eigenvalue weighted by Crippen LogP contribution is 2.34. The van der Waals surface area contributed by atoms with Gasteiger partial charge in [-0.1, -0.05) is 24.3 Å². The maximum absolute atomic E-state index is 13.6. The van der Waals surface area contributed by atoms with E-state index in [0.717, 1.165) is 0 Å². The summed E-state index contributed by atoms with van der Waals surface area (Å²) in [6, 6.07) is 12.4. The molecule has 0 saturated heterocycles. The van der Waals surface area contributed by atoms with E-state index in [4.69, 9.17) is 4.42 Å². The molecular weight excluding hydrogens is 259 g/mol. The van der Waals surface area contributed by atoms with Crippen LogP contribution in [0, 0.1) is 5.82 Å². The van der Waals surface area contributed by atoms with E-state index in [1.165, 1.54) is 18.2 Å². The molecule has 3 nitrogen and oxygen atoms in total. The van der Waals surface area contributed by atoms with Gasteiger partial charge in [-0.05, 0) is 36.8 Å². The van der Waals surface area contributed by atoms with Crippen molar-refractivity contribution in [3.8, 4) is 5.75 Å². The Kier molecular flexibility index (Phi) is 2.76. The van der Waals surface area contributed by atoms with E-state index in [1.54, 1.807) is 37.3 Å². The number of phenols is 1. The lowest BCUT2D eigenvalue weighted by molar-refractivity contribution is 0.0784. The summed E-state index contributed by atoms with van der Waals surface area (Å²) in [6.45, 7) is 1.56. The Hall–Kier alpha value is -2.33. The number of rotatable bonds is 2. The van der Waals surface area contributed by atoms with Crippen molar-refractivity contribution >= 4 is 11.0 Å². The van der Waals surface area contributed by atoms with Crippen LogP contribution in [0.4, 0.5) is 4.39 Å². The highest BCUT2D eigenvalue weighted by Gasteiger charge is 2.30. The van der Waals surface area contributed by atoms with Crippen LogP contribution in [-0.2, 0) is 5.60 Å². The second kappa shape index (κ2) is 4.35. The zero-order valence-electron chi connectivity index (χ0n) is 10.8. The molecule has 0 aliphatic carbocycles. The molecule has 1 aromatic heterocycles. The van der Waals surface area contributed by atoms with Crippen LogP contribution in [-0.4, -0.2) is 10.2 Å². The highest BCUT2D eigenvalue weighted by atomic mass is 19.1. The fraction of sp³-hybridized carbons (Fsp3) is 0.125. The second-order valence-electron chi connectivity index (χ2n) is 4.89. The molecule has 3 aromatic rings. The maximum atomic E-state index is 13.6. The van der Waals surface area contributed by atoms with Gasteiger partial charge in [0.25, 0.3) is 0 Å². The molecule has 0 bridgehead atoms. The summed E-state index contributed by atoms with van der Waals surface area (Å²) >= 11 is 0. The smallest absolute Gasteiger partial charge is 0.170 e. The van der Waals surface area contributed by atoms with Crippen molar-refractivity contribution in [3.63, 3.8) is 0 Å². The number of hydrogen-bond acceptors (Lipinski definition) is 3. The van der Waals surface area contributed by atoms with Gasteiger partial charge in [-0.15, -0.1) is 0 Å². The van der Waals surface area contributed by atoms with Crippen LogP contribution in [0.3, 0.4) is 0 Å². The molecule has 0 amide bonds. The van der Waals surface area contributed by atoms with Gasteiger partial charge in [-0.3, -0.25) is 0 Å². The zero-order valence-corrected chi connectivity index (χ0v) is 10.8. The molecule has 0 aliphatic heterocycles. The average Bonchev–Trinajstić information content (AvgIpc) is 2.85. The largest absolute Gasteiger partial charge is 0.508 e. The van der Waals surface area contributed by atoms with Crippen molar-refractivity contribution in [3.05, 3.63) is 65.7 Å². The van der Waals surface area contributed by atoms with Gasteiger partial charge < -0.3 is 14.6 Å². The van der Waals surface area contributed by atoms with Crippen LogP contribution in [0.1, 0.15) is 18.2 Å². The number of aromatic hydroxyl groups is 1. The van der Waals surface area contributed by atoms with Crippen LogP contribution in [0.2, 0.25) is 0 Å². The molecule has 4 heteroatoms. The van der Waals surface area contributed by atoms with Gasteiger partial charge in [0, 0.05) is 5.39 Å². The minimum absolute atomic E-state index is 0.111. The third-order valence-electron chi connectivity index (χ3n) is 3.41.